The SMILES string of the molecule is CC(C)(C)C1CCCC1CCCN. The first-order valence-corrected chi connectivity index (χ1v) is 5.76. The van der Waals surface area contributed by atoms with Crippen molar-refractivity contribution in [1.29, 1.82) is 0 Å². The van der Waals surface area contributed by atoms with Crippen LogP contribution in [0.3, 0.4) is 0 Å². The molecule has 0 aliphatic heterocycles. The lowest BCUT2D eigenvalue weighted by atomic mass is 9.73. The van der Waals surface area contributed by atoms with E-state index in [1.807, 2.05) is 0 Å². The highest BCUT2D eigenvalue weighted by molar-refractivity contribution is 4.85. The van der Waals surface area contributed by atoms with Crippen molar-refractivity contribution in [2.45, 2.75) is 52.9 Å². The van der Waals surface area contributed by atoms with Crippen molar-refractivity contribution >= 4 is 0 Å². The highest BCUT2D eigenvalue weighted by Gasteiger charge is 2.34. The Hall–Kier alpha value is -0.0400. The molecule has 0 heterocycles. The molecule has 78 valence electrons. The van der Waals surface area contributed by atoms with Crippen molar-refractivity contribution < 1.29 is 0 Å². The third kappa shape index (κ3) is 2.98. The van der Waals surface area contributed by atoms with Crippen LogP contribution >= 0.6 is 0 Å². The predicted octanol–water partition coefficient (Wildman–Crippen LogP) is 3.19. The maximum Gasteiger partial charge on any atom is -0.00772 e. The molecule has 1 rings (SSSR count). The molecule has 1 heteroatoms. The molecule has 0 radical (unpaired) electrons. The fraction of sp³-hybridized carbons (Fsp3) is 1.00. The smallest absolute Gasteiger partial charge is 0.00772 e. The van der Waals surface area contributed by atoms with Crippen molar-refractivity contribution in [2.24, 2.45) is 23.0 Å². The summed E-state index contributed by atoms with van der Waals surface area (Å²) in [6.45, 7) is 8.03. The van der Waals surface area contributed by atoms with E-state index in [-0.39, 0.29) is 0 Å². The average Bonchev–Trinajstić information content (AvgIpc) is 2.47. The fourth-order valence-corrected chi connectivity index (χ4v) is 2.90. The second kappa shape index (κ2) is 4.45. The van der Waals surface area contributed by atoms with Gasteiger partial charge in [-0.1, -0.05) is 33.6 Å². The molecule has 1 aliphatic rings. The third-order valence-electron chi connectivity index (χ3n) is 3.55. The van der Waals surface area contributed by atoms with Crippen LogP contribution in [0.15, 0.2) is 0 Å². The van der Waals surface area contributed by atoms with Gasteiger partial charge in [0.2, 0.25) is 0 Å². The molecular formula is C12H25N. The van der Waals surface area contributed by atoms with Crippen molar-refractivity contribution in [1.82, 2.24) is 0 Å². The lowest BCUT2D eigenvalue weighted by Gasteiger charge is -2.32. The van der Waals surface area contributed by atoms with Crippen molar-refractivity contribution in [2.75, 3.05) is 6.54 Å². The molecule has 2 atom stereocenters. The van der Waals surface area contributed by atoms with E-state index in [0.717, 1.165) is 18.4 Å². The molecule has 0 amide bonds. The maximum atomic E-state index is 5.56. The summed E-state index contributed by atoms with van der Waals surface area (Å²) < 4.78 is 0. The molecule has 2 N–H and O–H groups in total. The van der Waals surface area contributed by atoms with E-state index >= 15 is 0 Å². The topological polar surface area (TPSA) is 26.0 Å². The molecular weight excluding hydrogens is 158 g/mol. The van der Waals surface area contributed by atoms with Crippen LogP contribution in [-0.4, -0.2) is 6.54 Å². The molecule has 0 spiro atoms. The summed E-state index contributed by atoms with van der Waals surface area (Å²) in [5, 5.41) is 0. The quantitative estimate of drug-likeness (QED) is 0.714. The lowest BCUT2D eigenvalue weighted by Crippen LogP contribution is -2.24. The number of hydrogen-bond acceptors (Lipinski definition) is 1. The van der Waals surface area contributed by atoms with Gasteiger partial charge in [0, 0.05) is 0 Å². The van der Waals surface area contributed by atoms with Crippen LogP contribution in [-0.2, 0) is 0 Å². The summed E-state index contributed by atoms with van der Waals surface area (Å²) in [4.78, 5) is 0. The van der Waals surface area contributed by atoms with E-state index in [9.17, 15) is 0 Å². The molecule has 1 saturated carbocycles. The molecule has 2 unspecified atom stereocenters. The molecule has 0 bridgehead atoms. The first-order valence-electron chi connectivity index (χ1n) is 5.76. The van der Waals surface area contributed by atoms with Gasteiger partial charge in [-0.2, -0.15) is 0 Å². The van der Waals surface area contributed by atoms with Crippen molar-refractivity contribution in [3.05, 3.63) is 0 Å². The zero-order valence-corrected chi connectivity index (χ0v) is 9.47. The number of rotatable bonds is 3. The third-order valence-corrected chi connectivity index (χ3v) is 3.55. The average molecular weight is 183 g/mol. The first-order chi connectivity index (χ1) is 6.05. The van der Waals surface area contributed by atoms with Crippen molar-refractivity contribution in [3.8, 4) is 0 Å². The summed E-state index contributed by atoms with van der Waals surface area (Å²) in [7, 11) is 0. The predicted molar refractivity (Wildman–Crippen MR) is 58.6 cm³/mol. The minimum Gasteiger partial charge on any atom is -0.330 e. The van der Waals surface area contributed by atoms with Gasteiger partial charge < -0.3 is 5.73 Å². The molecule has 1 nitrogen and oxygen atoms in total. The monoisotopic (exact) mass is 183 g/mol. The summed E-state index contributed by atoms with van der Waals surface area (Å²) in [5.41, 5.74) is 6.07. The Kier molecular flexibility index (Phi) is 3.78. The van der Waals surface area contributed by atoms with Crippen LogP contribution in [0.5, 0.6) is 0 Å². The minimum absolute atomic E-state index is 0.510. The van der Waals surface area contributed by atoms with Crippen molar-refractivity contribution in [3.63, 3.8) is 0 Å². The maximum absolute atomic E-state index is 5.56. The van der Waals surface area contributed by atoms with Crippen LogP contribution in [0, 0.1) is 17.3 Å². The summed E-state index contributed by atoms with van der Waals surface area (Å²) in [6, 6.07) is 0. The van der Waals surface area contributed by atoms with E-state index in [1.54, 1.807) is 0 Å². The van der Waals surface area contributed by atoms with Crippen LogP contribution in [0.2, 0.25) is 0 Å². The van der Waals surface area contributed by atoms with E-state index in [0.29, 0.717) is 5.41 Å². The Labute approximate surface area is 83.1 Å². The first kappa shape index (κ1) is 11.0. The van der Waals surface area contributed by atoms with Crippen LogP contribution in [0.1, 0.15) is 52.9 Å². The zero-order chi connectivity index (χ0) is 9.90. The van der Waals surface area contributed by atoms with Gasteiger partial charge in [-0.15, -0.1) is 0 Å². The highest BCUT2D eigenvalue weighted by Crippen LogP contribution is 2.45. The van der Waals surface area contributed by atoms with Gasteiger partial charge in [-0.05, 0) is 43.1 Å². The van der Waals surface area contributed by atoms with Crippen LogP contribution < -0.4 is 5.73 Å². The highest BCUT2D eigenvalue weighted by atomic mass is 14.5. The van der Waals surface area contributed by atoms with E-state index in [2.05, 4.69) is 20.8 Å². The lowest BCUT2D eigenvalue weighted by molar-refractivity contribution is 0.177. The van der Waals surface area contributed by atoms with Gasteiger partial charge in [0.1, 0.15) is 0 Å². The minimum atomic E-state index is 0.510. The van der Waals surface area contributed by atoms with E-state index in [4.69, 9.17) is 5.73 Å². The molecule has 13 heavy (non-hydrogen) atoms. The zero-order valence-electron chi connectivity index (χ0n) is 9.47. The fourth-order valence-electron chi connectivity index (χ4n) is 2.90. The number of nitrogens with two attached hydrogens (primary N) is 1. The van der Waals surface area contributed by atoms with Gasteiger partial charge in [-0.25, -0.2) is 0 Å². The molecule has 0 saturated heterocycles. The molecule has 1 fully saturated rings. The van der Waals surface area contributed by atoms with Gasteiger partial charge >= 0.3 is 0 Å². The van der Waals surface area contributed by atoms with Gasteiger partial charge in [0.25, 0.3) is 0 Å². The summed E-state index contributed by atoms with van der Waals surface area (Å²) in [6.07, 6.45) is 6.91. The summed E-state index contributed by atoms with van der Waals surface area (Å²) >= 11 is 0. The Balaban J connectivity index is 2.44. The van der Waals surface area contributed by atoms with Gasteiger partial charge in [0.15, 0.2) is 0 Å². The van der Waals surface area contributed by atoms with E-state index < -0.39 is 0 Å². The van der Waals surface area contributed by atoms with Crippen LogP contribution in [0.25, 0.3) is 0 Å². The van der Waals surface area contributed by atoms with Gasteiger partial charge in [0.05, 0.1) is 0 Å². The molecule has 0 aromatic carbocycles. The Morgan fingerprint density at radius 1 is 1.23 bits per heavy atom. The molecule has 0 aromatic rings. The second-order valence-electron chi connectivity index (χ2n) is 5.59. The van der Waals surface area contributed by atoms with E-state index in [1.165, 1.54) is 32.1 Å². The normalized spacial score (nSPS) is 29.5. The Bertz CT molecular complexity index is 146. The largest absolute Gasteiger partial charge is 0.330 e. The Morgan fingerprint density at radius 3 is 2.46 bits per heavy atom. The molecule has 0 aromatic heterocycles. The van der Waals surface area contributed by atoms with Gasteiger partial charge in [-0.3, -0.25) is 0 Å². The number of hydrogen-bond donors (Lipinski definition) is 1. The van der Waals surface area contributed by atoms with Crippen LogP contribution in [0.4, 0.5) is 0 Å². The summed E-state index contributed by atoms with van der Waals surface area (Å²) in [5.74, 6) is 1.91. The second-order valence-corrected chi connectivity index (χ2v) is 5.59. The molecule has 1 aliphatic carbocycles. The standard InChI is InChI=1S/C12H25N/c1-12(2,3)11-8-4-6-10(11)7-5-9-13/h10-11H,4-9,13H2,1-3H3. The Morgan fingerprint density at radius 2 is 1.92 bits per heavy atom.